The van der Waals surface area contributed by atoms with Crippen molar-refractivity contribution >= 4 is 29.9 Å². The fourth-order valence-electron chi connectivity index (χ4n) is 2.21. The molecule has 2 N–H and O–H groups in total. The molecule has 1 fully saturated rings. The zero-order valence-electron chi connectivity index (χ0n) is 12.1. The van der Waals surface area contributed by atoms with Crippen molar-refractivity contribution in [1.82, 2.24) is 10.6 Å². The molecule has 2 rings (SSSR count). The molecular weight excluding hydrogens is 365 g/mol. The van der Waals surface area contributed by atoms with Gasteiger partial charge in [0.25, 0.3) is 0 Å². The van der Waals surface area contributed by atoms with Crippen molar-refractivity contribution in [3.05, 3.63) is 35.9 Å². The summed E-state index contributed by atoms with van der Waals surface area (Å²) in [5.41, 5.74) is 1.26. The molecule has 0 aliphatic carbocycles. The lowest BCUT2D eigenvalue weighted by Gasteiger charge is -2.19. The Balaban J connectivity index is 0.00000200. The van der Waals surface area contributed by atoms with Crippen molar-refractivity contribution in [1.29, 1.82) is 0 Å². The van der Waals surface area contributed by atoms with Crippen LogP contribution in [0.4, 0.5) is 0 Å². The quantitative estimate of drug-likeness (QED) is 0.473. The lowest BCUT2D eigenvalue weighted by Crippen LogP contribution is -2.41. The number of guanidine groups is 1. The third kappa shape index (κ3) is 5.28. The van der Waals surface area contributed by atoms with Crippen molar-refractivity contribution in [2.45, 2.75) is 19.4 Å². The number of benzene rings is 1. The van der Waals surface area contributed by atoms with Gasteiger partial charge in [0.1, 0.15) is 0 Å². The predicted molar refractivity (Wildman–Crippen MR) is 93.7 cm³/mol. The summed E-state index contributed by atoms with van der Waals surface area (Å²) < 4.78 is 5.37. The van der Waals surface area contributed by atoms with Crippen molar-refractivity contribution in [3.8, 4) is 0 Å². The Hall–Kier alpha value is -0.820. The van der Waals surface area contributed by atoms with Crippen molar-refractivity contribution in [2.24, 2.45) is 10.9 Å². The zero-order chi connectivity index (χ0) is 13.5. The van der Waals surface area contributed by atoms with Gasteiger partial charge >= 0.3 is 0 Å². The van der Waals surface area contributed by atoms with Gasteiger partial charge in [-0.2, -0.15) is 0 Å². The van der Waals surface area contributed by atoms with Crippen molar-refractivity contribution in [2.75, 3.05) is 26.8 Å². The molecule has 0 radical (unpaired) electrons. The van der Waals surface area contributed by atoms with Crippen LogP contribution in [0, 0.1) is 5.92 Å². The topological polar surface area (TPSA) is 45.7 Å². The third-order valence-electron chi connectivity index (χ3n) is 3.46. The molecule has 112 valence electrons. The van der Waals surface area contributed by atoms with Crippen LogP contribution in [-0.2, 0) is 4.74 Å². The summed E-state index contributed by atoms with van der Waals surface area (Å²) in [6.07, 6.45) is 1.14. The number of halogens is 1. The maximum absolute atomic E-state index is 5.37. The average molecular weight is 389 g/mol. The first-order chi connectivity index (χ1) is 9.29. The number of hydrogen-bond acceptors (Lipinski definition) is 2. The van der Waals surface area contributed by atoms with Crippen LogP contribution in [0.3, 0.4) is 0 Å². The molecule has 0 saturated carbocycles. The van der Waals surface area contributed by atoms with Gasteiger partial charge in [-0.3, -0.25) is 4.99 Å². The second kappa shape index (κ2) is 9.18. The maximum Gasteiger partial charge on any atom is 0.191 e. The summed E-state index contributed by atoms with van der Waals surface area (Å²) in [6, 6.07) is 10.6. The second-order valence-corrected chi connectivity index (χ2v) is 4.96. The molecule has 1 heterocycles. The third-order valence-corrected chi connectivity index (χ3v) is 3.46. The minimum absolute atomic E-state index is 0. The van der Waals surface area contributed by atoms with Gasteiger partial charge in [-0.05, 0) is 18.9 Å². The average Bonchev–Trinajstić information content (AvgIpc) is 2.97. The van der Waals surface area contributed by atoms with Gasteiger partial charge in [0, 0.05) is 26.1 Å². The Morgan fingerprint density at radius 3 is 2.75 bits per heavy atom. The Kier molecular flexibility index (Phi) is 7.91. The van der Waals surface area contributed by atoms with Crippen LogP contribution in [0.2, 0.25) is 0 Å². The van der Waals surface area contributed by atoms with Crippen LogP contribution in [0.1, 0.15) is 24.9 Å². The van der Waals surface area contributed by atoms with Crippen molar-refractivity contribution < 1.29 is 4.74 Å². The highest BCUT2D eigenvalue weighted by atomic mass is 127. The molecule has 5 heteroatoms. The van der Waals surface area contributed by atoms with E-state index < -0.39 is 0 Å². The Labute approximate surface area is 138 Å². The molecule has 1 aromatic carbocycles. The van der Waals surface area contributed by atoms with Crippen LogP contribution in [-0.4, -0.2) is 32.8 Å². The van der Waals surface area contributed by atoms with Gasteiger partial charge in [-0.15, -0.1) is 24.0 Å². The van der Waals surface area contributed by atoms with E-state index in [2.05, 4.69) is 46.8 Å². The lowest BCUT2D eigenvalue weighted by molar-refractivity contribution is 0.186. The zero-order valence-corrected chi connectivity index (χ0v) is 14.5. The molecule has 1 aromatic rings. The fraction of sp³-hybridized carbons (Fsp3) is 0.533. The normalized spacial score (nSPS) is 20.1. The molecule has 4 nitrogen and oxygen atoms in total. The van der Waals surface area contributed by atoms with Gasteiger partial charge in [0.05, 0.1) is 12.6 Å². The van der Waals surface area contributed by atoms with Crippen LogP contribution < -0.4 is 10.6 Å². The molecule has 0 bridgehead atoms. The molecule has 20 heavy (non-hydrogen) atoms. The smallest absolute Gasteiger partial charge is 0.191 e. The minimum atomic E-state index is 0. The highest BCUT2D eigenvalue weighted by Crippen LogP contribution is 2.12. The first-order valence-electron chi connectivity index (χ1n) is 6.89. The monoisotopic (exact) mass is 389 g/mol. The fourth-order valence-corrected chi connectivity index (χ4v) is 2.21. The van der Waals surface area contributed by atoms with Crippen molar-refractivity contribution in [3.63, 3.8) is 0 Å². The second-order valence-electron chi connectivity index (χ2n) is 4.96. The van der Waals surface area contributed by atoms with Gasteiger partial charge < -0.3 is 15.4 Å². The number of ether oxygens (including phenoxy) is 1. The maximum atomic E-state index is 5.37. The van der Waals surface area contributed by atoms with E-state index in [0.717, 1.165) is 32.1 Å². The summed E-state index contributed by atoms with van der Waals surface area (Å²) in [5.74, 6) is 1.45. The highest BCUT2D eigenvalue weighted by molar-refractivity contribution is 14.0. The minimum Gasteiger partial charge on any atom is -0.381 e. The van der Waals surface area contributed by atoms with E-state index >= 15 is 0 Å². The van der Waals surface area contributed by atoms with E-state index in [4.69, 9.17) is 4.74 Å². The highest BCUT2D eigenvalue weighted by Gasteiger charge is 2.16. The summed E-state index contributed by atoms with van der Waals surface area (Å²) in [5, 5.41) is 6.78. The van der Waals surface area contributed by atoms with Crippen LogP contribution >= 0.6 is 24.0 Å². The van der Waals surface area contributed by atoms with E-state index in [0.29, 0.717) is 5.92 Å². The Bertz CT molecular complexity index is 405. The first-order valence-corrected chi connectivity index (χ1v) is 6.89. The molecule has 0 aromatic heterocycles. The number of nitrogens with one attached hydrogen (secondary N) is 2. The first kappa shape index (κ1) is 17.2. The molecule has 1 saturated heterocycles. The molecule has 1 aliphatic heterocycles. The van der Waals surface area contributed by atoms with Gasteiger partial charge in [0.15, 0.2) is 5.96 Å². The van der Waals surface area contributed by atoms with Gasteiger partial charge in [-0.25, -0.2) is 0 Å². The van der Waals surface area contributed by atoms with E-state index in [1.165, 1.54) is 5.56 Å². The predicted octanol–water partition coefficient (Wildman–Crippen LogP) is 2.57. The molecular formula is C15H24IN3O. The van der Waals surface area contributed by atoms with E-state index in [-0.39, 0.29) is 30.0 Å². The summed E-state index contributed by atoms with van der Waals surface area (Å²) >= 11 is 0. The molecule has 2 atom stereocenters. The van der Waals surface area contributed by atoms with Crippen LogP contribution in [0.5, 0.6) is 0 Å². The number of nitrogens with zero attached hydrogens (tertiary/aromatic N) is 1. The Morgan fingerprint density at radius 2 is 2.15 bits per heavy atom. The number of hydrogen-bond donors (Lipinski definition) is 2. The molecule has 1 aliphatic rings. The molecule has 0 spiro atoms. The molecule has 0 amide bonds. The molecule has 2 unspecified atom stereocenters. The summed E-state index contributed by atoms with van der Waals surface area (Å²) in [4.78, 5) is 4.27. The van der Waals surface area contributed by atoms with Gasteiger partial charge in [-0.1, -0.05) is 30.3 Å². The number of aliphatic imine (C=N–C) groups is 1. The van der Waals surface area contributed by atoms with E-state index in [1.807, 2.05) is 6.07 Å². The van der Waals surface area contributed by atoms with E-state index in [9.17, 15) is 0 Å². The summed E-state index contributed by atoms with van der Waals surface area (Å²) in [6.45, 7) is 4.80. The SMILES string of the molecule is CN=C(NCC1CCOC1)NC(C)c1ccccc1.I. The Morgan fingerprint density at radius 1 is 1.40 bits per heavy atom. The van der Waals surface area contributed by atoms with Crippen LogP contribution in [0.25, 0.3) is 0 Å². The largest absolute Gasteiger partial charge is 0.381 e. The summed E-state index contributed by atoms with van der Waals surface area (Å²) in [7, 11) is 1.80. The van der Waals surface area contributed by atoms with Gasteiger partial charge in [0.2, 0.25) is 0 Å². The standard InChI is InChI=1S/C15H23N3O.HI/c1-12(14-6-4-3-5-7-14)18-15(16-2)17-10-13-8-9-19-11-13;/h3-7,12-13H,8-11H2,1-2H3,(H2,16,17,18);1H. The van der Waals surface area contributed by atoms with Crippen LogP contribution in [0.15, 0.2) is 35.3 Å². The van der Waals surface area contributed by atoms with E-state index in [1.54, 1.807) is 7.05 Å². The number of rotatable bonds is 4. The lowest BCUT2D eigenvalue weighted by atomic mass is 10.1.